The zero-order valence-corrected chi connectivity index (χ0v) is 20.0. The number of sulfonamides is 1. The number of rotatable bonds is 7. The molecule has 1 aromatic rings. The van der Waals surface area contributed by atoms with Crippen LogP contribution in [0.15, 0.2) is 10.6 Å². The van der Waals surface area contributed by atoms with Crippen molar-refractivity contribution in [3.8, 4) is 0 Å². The minimum atomic E-state index is -3.29. The maximum Gasteiger partial charge on any atom is 0.273 e. The van der Waals surface area contributed by atoms with Crippen molar-refractivity contribution in [2.75, 3.05) is 18.8 Å². The van der Waals surface area contributed by atoms with Gasteiger partial charge in [0, 0.05) is 36.2 Å². The maximum absolute atomic E-state index is 13.4. The molecule has 32 heavy (non-hydrogen) atoms. The molecule has 9 heteroatoms. The average molecular weight is 465 g/mol. The van der Waals surface area contributed by atoms with Crippen molar-refractivity contribution in [3.63, 3.8) is 0 Å². The van der Waals surface area contributed by atoms with Crippen molar-refractivity contribution in [3.05, 3.63) is 17.5 Å². The summed E-state index contributed by atoms with van der Waals surface area (Å²) in [5, 5.41) is 7.02. The molecule has 1 amide bonds. The van der Waals surface area contributed by atoms with E-state index >= 15 is 0 Å². The fraction of sp³-hybridized carbons (Fsp3) is 0.826. The molecule has 8 nitrogen and oxygen atoms in total. The molecule has 4 heterocycles. The average Bonchev–Trinajstić information content (AvgIpc) is 3.40. The summed E-state index contributed by atoms with van der Waals surface area (Å²) >= 11 is 0. The van der Waals surface area contributed by atoms with Gasteiger partial charge >= 0.3 is 0 Å². The zero-order valence-electron chi connectivity index (χ0n) is 19.2. The molecule has 1 aliphatic carbocycles. The molecule has 1 N–H and O–H groups in total. The third-order valence-electron chi connectivity index (χ3n) is 7.89. The molecule has 1 saturated carbocycles. The molecule has 178 valence electrons. The lowest BCUT2D eigenvalue weighted by Gasteiger charge is -2.40. The van der Waals surface area contributed by atoms with Gasteiger partial charge in [0.15, 0.2) is 5.69 Å². The van der Waals surface area contributed by atoms with E-state index in [9.17, 15) is 13.2 Å². The second kappa shape index (κ2) is 8.72. The Morgan fingerprint density at radius 3 is 2.38 bits per heavy atom. The van der Waals surface area contributed by atoms with E-state index in [1.807, 2.05) is 4.31 Å². The van der Waals surface area contributed by atoms with Gasteiger partial charge in [0.05, 0.1) is 5.75 Å². The monoisotopic (exact) mass is 464 g/mol. The second-order valence-electron chi connectivity index (χ2n) is 10.6. The van der Waals surface area contributed by atoms with Crippen LogP contribution in [-0.4, -0.2) is 71.7 Å². The number of hydrogen-bond donors (Lipinski definition) is 1. The smallest absolute Gasteiger partial charge is 0.273 e. The summed E-state index contributed by atoms with van der Waals surface area (Å²) in [6, 6.07) is 2.27. The van der Waals surface area contributed by atoms with Crippen LogP contribution in [0.5, 0.6) is 0 Å². The Morgan fingerprint density at radius 1 is 1.12 bits per heavy atom. The van der Waals surface area contributed by atoms with E-state index in [1.165, 1.54) is 0 Å². The second-order valence-corrected chi connectivity index (χ2v) is 12.5. The fourth-order valence-corrected chi connectivity index (χ4v) is 8.33. The quantitative estimate of drug-likeness (QED) is 0.667. The van der Waals surface area contributed by atoms with Crippen molar-refractivity contribution in [2.24, 2.45) is 5.92 Å². The Labute approximate surface area is 191 Å². The van der Waals surface area contributed by atoms with E-state index in [2.05, 4.69) is 29.2 Å². The van der Waals surface area contributed by atoms with Crippen molar-refractivity contribution in [1.29, 1.82) is 0 Å². The van der Waals surface area contributed by atoms with E-state index < -0.39 is 10.0 Å². The summed E-state index contributed by atoms with van der Waals surface area (Å²) in [6.07, 6.45) is 7.25. The van der Waals surface area contributed by atoms with Crippen LogP contribution in [0.4, 0.5) is 0 Å². The first-order valence-corrected chi connectivity index (χ1v) is 13.9. The van der Waals surface area contributed by atoms with Crippen LogP contribution in [-0.2, 0) is 10.0 Å². The van der Waals surface area contributed by atoms with Crippen LogP contribution in [0.25, 0.3) is 0 Å². The molecule has 0 unspecified atom stereocenters. The SMILES string of the molecule is CC(C)N1CCC(CS(=O)(=O)N2[C@@H]3CC[C@H]2C[C@@H](NC(=O)c2cc(C4CC4)on2)C3)CC1. The van der Waals surface area contributed by atoms with E-state index in [4.69, 9.17) is 4.52 Å². The summed E-state index contributed by atoms with van der Waals surface area (Å²) in [5.74, 6) is 1.53. The number of carbonyl (C=O) groups is 1. The number of amides is 1. The Hall–Kier alpha value is -1.45. The van der Waals surface area contributed by atoms with Gasteiger partial charge in [-0.2, -0.15) is 4.31 Å². The zero-order chi connectivity index (χ0) is 22.5. The number of likely N-dealkylation sites (tertiary alicyclic amines) is 1. The summed E-state index contributed by atoms with van der Waals surface area (Å²) in [6.45, 7) is 6.38. The molecule has 3 aliphatic heterocycles. The highest BCUT2D eigenvalue weighted by molar-refractivity contribution is 7.89. The normalized spacial score (nSPS) is 30.2. The largest absolute Gasteiger partial charge is 0.360 e. The van der Waals surface area contributed by atoms with Gasteiger partial charge in [0.2, 0.25) is 10.0 Å². The van der Waals surface area contributed by atoms with Gasteiger partial charge in [0.25, 0.3) is 5.91 Å². The predicted octanol–water partition coefficient (Wildman–Crippen LogP) is 2.73. The topological polar surface area (TPSA) is 95.8 Å². The number of nitrogens with zero attached hydrogens (tertiary/aromatic N) is 3. The van der Waals surface area contributed by atoms with Crippen LogP contribution >= 0.6 is 0 Å². The molecular formula is C23H36N4O4S. The summed E-state index contributed by atoms with van der Waals surface area (Å²) in [7, 11) is -3.29. The molecule has 4 fully saturated rings. The van der Waals surface area contributed by atoms with E-state index in [0.29, 0.717) is 30.5 Å². The highest BCUT2D eigenvalue weighted by Crippen LogP contribution is 2.41. The first-order chi connectivity index (χ1) is 15.3. The van der Waals surface area contributed by atoms with Crippen LogP contribution in [0.3, 0.4) is 0 Å². The number of aromatic nitrogens is 1. The van der Waals surface area contributed by atoms with Gasteiger partial charge in [-0.25, -0.2) is 8.42 Å². The molecule has 4 aliphatic rings. The molecule has 0 aromatic carbocycles. The van der Waals surface area contributed by atoms with Gasteiger partial charge in [0.1, 0.15) is 5.76 Å². The molecule has 2 bridgehead atoms. The predicted molar refractivity (Wildman–Crippen MR) is 121 cm³/mol. The summed E-state index contributed by atoms with van der Waals surface area (Å²) < 4.78 is 33.8. The van der Waals surface area contributed by atoms with Crippen molar-refractivity contribution < 1.29 is 17.7 Å². The van der Waals surface area contributed by atoms with Gasteiger partial charge in [-0.05, 0) is 84.2 Å². The standard InChI is InChI=1S/C23H36N4O4S/c1-15(2)26-9-7-16(8-10-26)14-32(29,30)27-19-5-6-20(27)12-18(11-19)24-23(28)21-13-22(31-25-21)17-3-4-17/h13,15-20H,3-12,14H2,1-2H3,(H,24,28)/t18-,19+,20-. The van der Waals surface area contributed by atoms with Crippen molar-refractivity contribution in [1.82, 2.24) is 19.7 Å². The lowest BCUT2D eigenvalue weighted by atomic mass is 9.98. The van der Waals surface area contributed by atoms with Crippen LogP contribution in [0.2, 0.25) is 0 Å². The minimum Gasteiger partial charge on any atom is -0.360 e. The van der Waals surface area contributed by atoms with Gasteiger partial charge < -0.3 is 14.7 Å². The molecule has 5 rings (SSSR count). The van der Waals surface area contributed by atoms with Crippen LogP contribution < -0.4 is 5.32 Å². The van der Waals surface area contributed by atoms with Gasteiger partial charge in [-0.15, -0.1) is 0 Å². The molecule has 1 aromatic heterocycles. The molecule has 3 atom stereocenters. The van der Waals surface area contributed by atoms with E-state index in [-0.39, 0.29) is 35.7 Å². The molecular weight excluding hydrogens is 428 g/mol. The number of nitrogens with one attached hydrogen (secondary N) is 1. The highest BCUT2D eigenvalue weighted by Gasteiger charge is 2.47. The lowest BCUT2D eigenvalue weighted by molar-refractivity contribution is 0.0900. The van der Waals surface area contributed by atoms with E-state index in [1.54, 1.807) is 6.07 Å². The maximum atomic E-state index is 13.4. The van der Waals surface area contributed by atoms with Crippen LogP contribution in [0.1, 0.15) is 87.4 Å². The molecule has 3 saturated heterocycles. The summed E-state index contributed by atoms with van der Waals surface area (Å²) in [5.41, 5.74) is 0.335. The van der Waals surface area contributed by atoms with Crippen molar-refractivity contribution >= 4 is 15.9 Å². The van der Waals surface area contributed by atoms with Gasteiger partial charge in [-0.3, -0.25) is 4.79 Å². The first kappa shape index (κ1) is 22.3. The number of hydrogen-bond acceptors (Lipinski definition) is 6. The van der Waals surface area contributed by atoms with Crippen LogP contribution in [0, 0.1) is 5.92 Å². The first-order valence-electron chi connectivity index (χ1n) is 12.3. The highest BCUT2D eigenvalue weighted by atomic mass is 32.2. The summed E-state index contributed by atoms with van der Waals surface area (Å²) in [4.78, 5) is 15.1. The Morgan fingerprint density at radius 2 is 1.78 bits per heavy atom. The number of piperidine rings is 2. The third-order valence-corrected chi connectivity index (χ3v) is 10.0. The van der Waals surface area contributed by atoms with E-state index in [0.717, 1.165) is 57.4 Å². The number of fused-ring (bicyclic) bond motifs is 2. The number of carbonyl (C=O) groups excluding carboxylic acids is 1. The van der Waals surface area contributed by atoms with Gasteiger partial charge in [-0.1, -0.05) is 5.16 Å². The Bertz CT molecular complexity index is 920. The molecule has 0 spiro atoms. The Kier molecular flexibility index (Phi) is 6.09. The fourth-order valence-electron chi connectivity index (χ4n) is 5.94. The van der Waals surface area contributed by atoms with Crippen molar-refractivity contribution in [2.45, 2.75) is 95.3 Å². The minimum absolute atomic E-state index is 0.000799. The third kappa shape index (κ3) is 4.61. The Balaban J connectivity index is 1.17. The lowest BCUT2D eigenvalue weighted by Crippen LogP contribution is -2.53. The molecule has 0 radical (unpaired) electrons.